The molecule has 1 heterocycles. The van der Waals surface area contributed by atoms with E-state index >= 15 is 0 Å². The van der Waals surface area contributed by atoms with Crippen LogP contribution >= 0.6 is 0 Å². The fourth-order valence-electron chi connectivity index (χ4n) is 0.767. The number of primary amides is 1. The molecular weight excluding hydrogens is 132 g/mol. The number of amides is 2. The van der Waals surface area contributed by atoms with E-state index in [1.165, 1.54) is 0 Å². The van der Waals surface area contributed by atoms with Gasteiger partial charge in [0, 0.05) is 12.5 Å². The third-order valence-electron chi connectivity index (χ3n) is 1.21. The lowest BCUT2D eigenvalue weighted by Gasteiger charge is -1.95. The molecule has 0 aromatic heterocycles. The van der Waals surface area contributed by atoms with Crippen molar-refractivity contribution in [1.82, 2.24) is 5.32 Å². The first kappa shape index (κ1) is 8.94. The second-order valence-corrected chi connectivity index (χ2v) is 2.14. The summed E-state index contributed by atoms with van der Waals surface area (Å²) in [5.74, 6) is 0.201. The van der Waals surface area contributed by atoms with Crippen molar-refractivity contribution in [2.45, 2.75) is 25.8 Å². The third kappa shape index (κ3) is 3.88. The van der Waals surface area contributed by atoms with Gasteiger partial charge in [-0.1, -0.05) is 0 Å². The summed E-state index contributed by atoms with van der Waals surface area (Å²) in [5.41, 5.74) is 4.17. The average Bonchev–Trinajstić information content (AvgIpc) is 2.17. The van der Waals surface area contributed by atoms with Gasteiger partial charge in [-0.25, -0.2) is 0 Å². The largest absolute Gasteiger partial charge is 0.372 e. The Balaban J connectivity index is 0.000000236. The monoisotopic (exact) mass is 144 g/mol. The van der Waals surface area contributed by atoms with Gasteiger partial charge < -0.3 is 11.1 Å². The van der Waals surface area contributed by atoms with Crippen LogP contribution in [0, 0.1) is 0 Å². The van der Waals surface area contributed by atoms with Gasteiger partial charge >= 0.3 is 0 Å². The number of nitrogens with one attached hydrogen (secondary N) is 1. The van der Waals surface area contributed by atoms with E-state index in [0.717, 1.165) is 12.8 Å². The zero-order valence-electron chi connectivity index (χ0n) is 5.96. The smallest absolute Gasteiger partial charge is 0.220 e. The molecule has 4 heteroatoms. The minimum absolute atomic E-state index is 0.201. The molecule has 0 aromatic rings. The number of carbonyl (C=O) groups excluding carboxylic acids is 2. The molecule has 0 spiro atoms. The topological polar surface area (TPSA) is 72.2 Å². The molecule has 0 aliphatic carbocycles. The van der Waals surface area contributed by atoms with E-state index in [1.54, 1.807) is 0 Å². The molecule has 1 saturated heterocycles. The van der Waals surface area contributed by atoms with Gasteiger partial charge in [-0.2, -0.15) is 0 Å². The quantitative estimate of drug-likeness (QED) is 0.445. The Morgan fingerprint density at radius 2 is 2.30 bits per heavy atom. The third-order valence-corrected chi connectivity index (χ3v) is 1.21. The molecule has 1 rings (SSSR count). The number of hydrogen-bond acceptors (Lipinski definition) is 2. The highest BCUT2D eigenvalue weighted by Gasteiger charge is 2.14. The molecule has 0 aromatic carbocycles. The second kappa shape index (κ2) is 4.78. The molecule has 1 aliphatic rings. The Labute approximate surface area is 59.8 Å². The lowest BCUT2D eigenvalue weighted by atomic mass is 10.3. The maximum Gasteiger partial charge on any atom is 0.220 e. The molecule has 2 amide bonds. The molecule has 1 unspecified atom stereocenters. The summed E-state index contributed by atoms with van der Waals surface area (Å²) in [7, 11) is 0. The van der Waals surface area contributed by atoms with Gasteiger partial charge in [-0.15, -0.1) is 0 Å². The Morgan fingerprint density at radius 3 is 2.40 bits per heavy atom. The summed E-state index contributed by atoms with van der Waals surface area (Å²) >= 11 is 0. The number of nitrogens with two attached hydrogens (primary N) is 1. The maximum absolute atomic E-state index is 10.3. The standard InChI is InChI=1S/C5H9NO.CH3NO/c1-4-2-3-5(7)6-4;2-1-3/h4H,2-3H2,1H3,(H,6,7);1H,(H2,2,3). The summed E-state index contributed by atoms with van der Waals surface area (Å²) in [6.45, 7) is 2.02. The molecule has 1 aliphatic heterocycles. The highest BCUT2D eigenvalue weighted by Crippen LogP contribution is 2.03. The fraction of sp³-hybridized carbons (Fsp3) is 0.667. The van der Waals surface area contributed by atoms with Crippen LogP contribution < -0.4 is 11.1 Å². The van der Waals surface area contributed by atoms with Crippen LogP contribution in [0.4, 0.5) is 0 Å². The normalized spacial score (nSPS) is 22.5. The Hall–Kier alpha value is -1.06. The van der Waals surface area contributed by atoms with Crippen molar-refractivity contribution in [1.29, 1.82) is 0 Å². The molecule has 58 valence electrons. The molecule has 1 atom stereocenters. The van der Waals surface area contributed by atoms with Gasteiger partial charge in [0.1, 0.15) is 0 Å². The lowest BCUT2D eigenvalue weighted by Crippen LogP contribution is -2.21. The van der Waals surface area contributed by atoms with E-state index in [9.17, 15) is 4.79 Å². The van der Waals surface area contributed by atoms with E-state index in [-0.39, 0.29) is 12.3 Å². The Kier molecular flexibility index (Phi) is 4.28. The summed E-state index contributed by atoms with van der Waals surface area (Å²) in [6.07, 6.45) is 1.99. The van der Waals surface area contributed by atoms with Crippen LogP contribution in [-0.2, 0) is 9.59 Å². The Bertz CT molecular complexity index is 125. The van der Waals surface area contributed by atoms with Crippen LogP contribution in [0.15, 0.2) is 0 Å². The van der Waals surface area contributed by atoms with Gasteiger partial charge in [0.25, 0.3) is 0 Å². The van der Waals surface area contributed by atoms with E-state index in [4.69, 9.17) is 4.79 Å². The molecular formula is C6H12N2O2. The van der Waals surface area contributed by atoms with Gasteiger partial charge in [-0.05, 0) is 13.3 Å². The van der Waals surface area contributed by atoms with Crippen LogP contribution in [0.5, 0.6) is 0 Å². The van der Waals surface area contributed by atoms with Crippen LogP contribution in [0.2, 0.25) is 0 Å². The molecule has 10 heavy (non-hydrogen) atoms. The van der Waals surface area contributed by atoms with Crippen LogP contribution in [0.1, 0.15) is 19.8 Å². The number of carbonyl (C=O) groups is 2. The van der Waals surface area contributed by atoms with E-state index < -0.39 is 0 Å². The van der Waals surface area contributed by atoms with Gasteiger partial charge in [0.2, 0.25) is 12.3 Å². The molecule has 0 saturated carbocycles. The summed E-state index contributed by atoms with van der Waals surface area (Å²) in [5, 5.41) is 2.78. The zero-order valence-corrected chi connectivity index (χ0v) is 5.96. The molecule has 4 nitrogen and oxygen atoms in total. The van der Waals surface area contributed by atoms with Crippen molar-refractivity contribution in [3.8, 4) is 0 Å². The van der Waals surface area contributed by atoms with Crippen LogP contribution in [0.25, 0.3) is 0 Å². The van der Waals surface area contributed by atoms with Crippen molar-refractivity contribution < 1.29 is 9.59 Å². The van der Waals surface area contributed by atoms with Crippen molar-refractivity contribution in [2.24, 2.45) is 5.73 Å². The Morgan fingerprint density at radius 1 is 1.80 bits per heavy atom. The average molecular weight is 144 g/mol. The summed E-state index contributed by atoms with van der Waals surface area (Å²) in [6, 6.07) is 0.424. The van der Waals surface area contributed by atoms with Crippen molar-refractivity contribution in [3.63, 3.8) is 0 Å². The molecule has 1 fully saturated rings. The predicted molar refractivity (Wildman–Crippen MR) is 37.1 cm³/mol. The van der Waals surface area contributed by atoms with Crippen molar-refractivity contribution in [2.75, 3.05) is 0 Å². The van der Waals surface area contributed by atoms with E-state index in [2.05, 4.69) is 11.1 Å². The van der Waals surface area contributed by atoms with E-state index in [1.807, 2.05) is 6.92 Å². The first-order valence-corrected chi connectivity index (χ1v) is 3.15. The molecule has 0 radical (unpaired) electrons. The van der Waals surface area contributed by atoms with Gasteiger partial charge in [-0.3, -0.25) is 9.59 Å². The highest BCUT2D eigenvalue weighted by molar-refractivity contribution is 5.78. The van der Waals surface area contributed by atoms with Crippen LogP contribution in [0.3, 0.4) is 0 Å². The first-order valence-electron chi connectivity index (χ1n) is 3.15. The van der Waals surface area contributed by atoms with E-state index in [0.29, 0.717) is 6.04 Å². The van der Waals surface area contributed by atoms with Crippen molar-refractivity contribution >= 4 is 12.3 Å². The maximum atomic E-state index is 10.3. The molecule has 3 N–H and O–H groups in total. The van der Waals surface area contributed by atoms with Crippen LogP contribution in [-0.4, -0.2) is 18.4 Å². The predicted octanol–water partition coefficient (Wildman–Crippen LogP) is -0.614. The molecule has 0 bridgehead atoms. The lowest BCUT2D eigenvalue weighted by molar-refractivity contribution is -0.119. The van der Waals surface area contributed by atoms with Gasteiger partial charge in [0.15, 0.2) is 0 Å². The number of rotatable bonds is 0. The second-order valence-electron chi connectivity index (χ2n) is 2.14. The fourth-order valence-corrected chi connectivity index (χ4v) is 0.767. The minimum Gasteiger partial charge on any atom is -0.372 e. The van der Waals surface area contributed by atoms with Crippen molar-refractivity contribution in [3.05, 3.63) is 0 Å². The SMILES string of the molecule is CC1CCC(=O)N1.NC=O. The highest BCUT2D eigenvalue weighted by atomic mass is 16.2. The van der Waals surface area contributed by atoms with Gasteiger partial charge in [0.05, 0.1) is 0 Å². The number of hydrogen-bond donors (Lipinski definition) is 2. The summed E-state index contributed by atoms with van der Waals surface area (Å²) < 4.78 is 0. The first-order chi connectivity index (χ1) is 4.70. The summed E-state index contributed by atoms with van der Waals surface area (Å²) in [4.78, 5) is 18.9. The minimum atomic E-state index is 0.201. The zero-order chi connectivity index (χ0) is 7.98.